The van der Waals surface area contributed by atoms with Gasteiger partial charge in [0.15, 0.2) is 0 Å². The third-order valence-electron chi connectivity index (χ3n) is 3.48. The highest BCUT2D eigenvalue weighted by molar-refractivity contribution is 7.13. The van der Waals surface area contributed by atoms with E-state index < -0.39 is 5.60 Å². The van der Waals surface area contributed by atoms with E-state index in [2.05, 4.69) is 25.8 Å². The number of carbonyl (C=O) groups is 1. The number of hydrogen-bond acceptors (Lipinski definition) is 7. The summed E-state index contributed by atoms with van der Waals surface area (Å²) in [6.45, 7) is 6.06. The molecule has 22 heavy (non-hydrogen) atoms. The van der Waals surface area contributed by atoms with Crippen LogP contribution in [0.25, 0.3) is 0 Å². The van der Waals surface area contributed by atoms with Crippen LogP contribution in [0.3, 0.4) is 0 Å². The molecule has 0 aliphatic rings. The maximum absolute atomic E-state index is 12.0. The van der Waals surface area contributed by atoms with Crippen molar-refractivity contribution >= 4 is 28.2 Å². The fourth-order valence-electron chi connectivity index (χ4n) is 1.50. The van der Waals surface area contributed by atoms with Gasteiger partial charge in [0.1, 0.15) is 11.3 Å². The summed E-state index contributed by atoms with van der Waals surface area (Å²) < 4.78 is 0. The standard InChI is InChI=1S/C14H19N5O2S/c1-9(2)14(3,21)7-16-11-5-4-10(6-15-11)12(20)18-13-19-17-8-22-13/h4-6,8-9,21H,7H2,1-3H3,(H,15,16)(H,18,19,20). The van der Waals surface area contributed by atoms with Gasteiger partial charge in [0.05, 0.1) is 11.2 Å². The molecule has 7 nitrogen and oxygen atoms in total. The lowest BCUT2D eigenvalue weighted by Crippen LogP contribution is -2.38. The van der Waals surface area contributed by atoms with Gasteiger partial charge in [0, 0.05) is 12.7 Å². The first-order chi connectivity index (χ1) is 10.4. The van der Waals surface area contributed by atoms with Crippen molar-refractivity contribution in [3.8, 4) is 0 Å². The third kappa shape index (κ3) is 4.22. The first-order valence-electron chi connectivity index (χ1n) is 6.88. The smallest absolute Gasteiger partial charge is 0.259 e. The van der Waals surface area contributed by atoms with E-state index >= 15 is 0 Å². The summed E-state index contributed by atoms with van der Waals surface area (Å²) in [4.78, 5) is 16.1. The van der Waals surface area contributed by atoms with Gasteiger partial charge < -0.3 is 10.4 Å². The number of nitrogens with one attached hydrogen (secondary N) is 2. The summed E-state index contributed by atoms with van der Waals surface area (Å²) in [5, 5.41) is 23.7. The van der Waals surface area contributed by atoms with Crippen molar-refractivity contribution in [3.05, 3.63) is 29.4 Å². The van der Waals surface area contributed by atoms with Crippen LogP contribution in [0.5, 0.6) is 0 Å². The largest absolute Gasteiger partial charge is 0.388 e. The lowest BCUT2D eigenvalue weighted by molar-refractivity contribution is 0.0265. The number of aliphatic hydroxyl groups is 1. The van der Waals surface area contributed by atoms with Crippen LogP contribution in [-0.4, -0.2) is 38.3 Å². The molecular formula is C14H19N5O2S. The van der Waals surface area contributed by atoms with Crippen LogP contribution >= 0.6 is 11.3 Å². The number of carbonyl (C=O) groups excluding carboxylic acids is 1. The van der Waals surface area contributed by atoms with Crippen LogP contribution in [0.1, 0.15) is 31.1 Å². The number of amides is 1. The first-order valence-corrected chi connectivity index (χ1v) is 7.76. The Morgan fingerprint density at radius 2 is 2.23 bits per heavy atom. The lowest BCUT2D eigenvalue weighted by atomic mass is 9.93. The number of anilines is 2. The minimum absolute atomic E-state index is 0.122. The Morgan fingerprint density at radius 1 is 1.45 bits per heavy atom. The number of hydrogen-bond donors (Lipinski definition) is 3. The third-order valence-corrected chi connectivity index (χ3v) is 4.08. The quantitative estimate of drug-likeness (QED) is 0.752. The van der Waals surface area contributed by atoms with Crippen molar-refractivity contribution in [1.29, 1.82) is 0 Å². The monoisotopic (exact) mass is 321 g/mol. The van der Waals surface area contributed by atoms with Gasteiger partial charge in [-0.2, -0.15) is 0 Å². The Kier molecular flexibility index (Phi) is 5.04. The van der Waals surface area contributed by atoms with Crippen LogP contribution in [0.2, 0.25) is 0 Å². The maximum atomic E-state index is 12.0. The number of pyridine rings is 1. The fourth-order valence-corrected chi connectivity index (χ4v) is 1.94. The van der Waals surface area contributed by atoms with E-state index in [1.165, 1.54) is 17.5 Å². The zero-order chi connectivity index (χ0) is 16.2. The minimum atomic E-state index is -0.824. The van der Waals surface area contributed by atoms with E-state index in [1.54, 1.807) is 24.6 Å². The predicted molar refractivity (Wildman–Crippen MR) is 86.1 cm³/mol. The highest BCUT2D eigenvalue weighted by atomic mass is 32.1. The van der Waals surface area contributed by atoms with E-state index in [4.69, 9.17) is 0 Å². The van der Waals surface area contributed by atoms with Crippen LogP contribution < -0.4 is 10.6 Å². The summed E-state index contributed by atoms with van der Waals surface area (Å²) in [5.74, 6) is 0.440. The average molecular weight is 321 g/mol. The van der Waals surface area contributed by atoms with Gasteiger partial charge in [-0.3, -0.25) is 10.1 Å². The Balaban J connectivity index is 1.94. The van der Waals surface area contributed by atoms with E-state index in [9.17, 15) is 9.90 Å². The maximum Gasteiger partial charge on any atom is 0.259 e. The average Bonchev–Trinajstić information content (AvgIpc) is 2.98. The molecule has 2 aromatic rings. The molecule has 8 heteroatoms. The van der Waals surface area contributed by atoms with Gasteiger partial charge in [-0.15, -0.1) is 10.2 Å². The zero-order valence-electron chi connectivity index (χ0n) is 12.7. The molecule has 0 radical (unpaired) electrons. The van der Waals surface area contributed by atoms with Crippen molar-refractivity contribution in [2.45, 2.75) is 26.4 Å². The second kappa shape index (κ2) is 6.80. The molecule has 0 aliphatic carbocycles. The molecule has 0 saturated carbocycles. The molecule has 0 fully saturated rings. The minimum Gasteiger partial charge on any atom is -0.388 e. The molecule has 0 spiro atoms. The van der Waals surface area contributed by atoms with Crippen LogP contribution in [0.15, 0.2) is 23.8 Å². The van der Waals surface area contributed by atoms with Gasteiger partial charge in [-0.25, -0.2) is 4.98 Å². The molecule has 0 bridgehead atoms. The van der Waals surface area contributed by atoms with E-state index in [1.807, 2.05) is 13.8 Å². The highest BCUT2D eigenvalue weighted by Gasteiger charge is 2.24. The summed E-state index contributed by atoms with van der Waals surface area (Å²) >= 11 is 1.25. The summed E-state index contributed by atoms with van der Waals surface area (Å²) in [7, 11) is 0. The van der Waals surface area contributed by atoms with Crippen molar-refractivity contribution < 1.29 is 9.90 Å². The Labute approximate surface area is 132 Å². The van der Waals surface area contributed by atoms with Crippen LogP contribution in [-0.2, 0) is 0 Å². The molecule has 1 unspecified atom stereocenters. The molecule has 2 aromatic heterocycles. The molecule has 0 aromatic carbocycles. The van der Waals surface area contributed by atoms with Gasteiger partial charge in [-0.05, 0) is 25.0 Å². The molecule has 1 atom stereocenters. The predicted octanol–water partition coefficient (Wildman–Crippen LogP) is 2.00. The zero-order valence-corrected chi connectivity index (χ0v) is 13.5. The molecule has 3 N–H and O–H groups in total. The van der Waals surface area contributed by atoms with E-state index in [-0.39, 0.29) is 11.8 Å². The summed E-state index contributed by atoms with van der Waals surface area (Å²) in [6, 6.07) is 3.36. The topological polar surface area (TPSA) is 100 Å². The lowest BCUT2D eigenvalue weighted by Gasteiger charge is -2.28. The molecule has 0 saturated heterocycles. The molecular weight excluding hydrogens is 302 g/mol. The van der Waals surface area contributed by atoms with Crippen molar-refractivity contribution in [2.75, 3.05) is 17.2 Å². The molecule has 0 aliphatic heterocycles. The fraction of sp³-hybridized carbons (Fsp3) is 0.429. The molecule has 2 heterocycles. The molecule has 1 amide bonds. The SMILES string of the molecule is CC(C)C(C)(O)CNc1ccc(C(=O)Nc2nncs2)cn1. The number of rotatable bonds is 6. The summed E-state index contributed by atoms with van der Waals surface area (Å²) in [6.07, 6.45) is 1.47. The Morgan fingerprint density at radius 3 is 2.77 bits per heavy atom. The van der Waals surface area contributed by atoms with Gasteiger partial charge in [-0.1, -0.05) is 25.2 Å². The van der Waals surface area contributed by atoms with Crippen LogP contribution in [0, 0.1) is 5.92 Å². The second-order valence-electron chi connectivity index (χ2n) is 5.50. The summed E-state index contributed by atoms with van der Waals surface area (Å²) in [5.41, 5.74) is 1.15. The van der Waals surface area contributed by atoms with Crippen LogP contribution in [0.4, 0.5) is 10.9 Å². The van der Waals surface area contributed by atoms with Crippen molar-refractivity contribution in [2.24, 2.45) is 5.92 Å². The second-order valence-corrected chi connectivity index (χ2v) is 6.33. The Hall–Kier alpha value is -2.06. The highest BCUT2D eigenvalue weighted by Crippen LogP contribution is 2.17. The normalized spacial score (nSPS) is 13.7. The first kappa shape index (κ1) is 16.3. The van der Waals surface area contributed by atoms with E-state index in [0.717, 1.165) is 0 Å². The molecule has 118 valence electrons. The Bertz CT molecular complexity index is 611. The van der Waals surface area contributed by atoms with E-state index in [0.29, 0.717) is 23.1 Å². The number of nitrogens with zero attached hydrogens (tertiary/aromatic N) is 3. The molecule has 2 rings (SSSR count). The number of aromatic nitrogens is 3. The van der Waals surface area contributed by atoms with Gasteiger partial charge in [0.2, 0.25) is 5.13 Å². The van der Waals surface area contributed by atoms with Gasteiger partial charge >= 0.3 is 0 Å². The van der Waals surface area contributed by atoms with Gasteiger partial charge in [0.25, 0.3) is 5.91 Å². The van der Waals surface area contributed by atoms with Crippen molar-refractivity contribution in [3.63, 3.8) is 0 Å². The van der Waals surface area contributed by atoms with Crippen molar-refractivity contribution in [1.82, 2.24) is 15.2 Å².